The molecule has 0 spiro atoms. The highest BCUT2D eigenvalue weighted by Crippen LogP contribution is 2.15. The van der Waals surface area contributed by atoms with Crippen LogP contribution in [0.2, 0.25) is 0 Å². The molecule has 0 unspecified atom stereocenters. The maximum atomic E-state index is 11.9. The maximum Gasteiger partial charge on any atom is 0.164 e. The first-order valence-corrected chi connectivity index (χ1v) is 6.78. The Morgan fingerprint density at radius 2 is 2.00 bits per heavy atom. The van der Waals surface area contributed by atoms with Gasteiger partial charge in [-0.2, -0.15) is 11.3 Å². The normalized spacial score (nSPS) is 12.0. The third kappa shape index (κ3) is 3.37. The zero-order valence-corrected chi connectivity index (χ0v) is 10.7. The van der Waals surface area contributed by atoms with Gasteiger partial charge >= 0.3 is 0 Å². The van der Waals surface area contributed by atoms with E-state index in [1.165, 1.54) is 11.3 Å². The van der Waals surface area contributed by atoms with Crippen molar-refractivity contribution in [3.8, 4) is 0 Å². The Balaban J connectivity index is 1.98. The average molecular weight is 258 g/mol. The molecule has 2 nitrogen and oxygen atoms in total. The molecule has 1 aromatic carbocycles. The number of rotatable bonds is 6. The third-order valence-electron chi connectivity index (χ3n) is 2.82. The number of hydrogen-bond donors (Lipinski definition) is 0. The van der Waals surface area contributed by atoms with Crippen LogP contribution in [0.25, 0.3) is 0 Å². The van der Waals surface area contributed by atoms with Crippen LogP contribution in [0.5, 0.6) is 0 Å². The van der Waals surface area contributed by atoms with E-state index in [1.807, 2.05) is 41.1 Å². The fourth-order valence-electron chi connectivity index (χ4n) is 1.86. The minimum absolute atomic E-state index is 0.0456. The van der Waals surface area contributed by atoms with E-state index in [0.29, 0.717) is 12.0 Å². The predicted octanol–water partition coefficient (Wildman–Crippen LogP) is 3.38. The van der Waals surface area contributed by atoms with E-state index in [9.17, 15) is 9.59 Å². The Kier molecular flexibility index (Phi) is 4.42. The fraction of sp³-hybridized carbons (Fsp3) is 0.200. The van der Waals surface area contributed by atoms with Crippen molar-refractivity contribution in [2.24, 2.45) is 5.92 Å². The number of ketones is 1. The molecule has 0 saturated carbocycles. The summed E-state index contributed by atoms with van der Waals surface area (Å²) < 4.78 is 0. The van der Waals surface area contributed by atoms with E-state index in [2.05, 4.69) is 0 Å². The van der Waals surface area contributed by atoms with Crippen molar-refractivity contribution in [2.75, 3.05) is 0 Å². The molecule has 0 N–H and O–H groups in total. The summed E-state index contributed by atoms with van der Waals surface area (Å²) in [5.41, 5.74) is 1.80. The number of carbonyl (C=O) groups is 2. The van der Waals surface area contributed by atoms with Crippen molar-refractivity contribution >= 4 is 23.4 Å². The molecule has 0 bridgehead atoms. The van der Waals surface area contributed by atoms with E-state index >= 15 is 0 Å². The van der Waals surface area contributed by atoms with E-state index < -0.39 is 0 Å². The van der Waals surface area contributed by atoms with Gasteiger partial charge in [-0.15, -0.1) is 0 Å². The smallest absolute Gasteiger partial charge is 0.164 e. The summed E-state index contributed by atoms with van der Waals surface area (Å²) in [5.74, 6) is -0.191. The Hall–Kier alpha value is -1.74. The van der Waals surface area contributed by atoms with Crippen LogP contribution in [0.15, 0.2) is 47.2 Å². The van der Waals surface area contributed by atoms with Crippen molar-refractivity contribution in [2.45, 2.75) is 12.8 Å². The molecule has 2 rings (SSSR count). The van der Waals surface area contributed by atoms with Crippen LogP contribution in [-0.2, 0) is 11.2 Å². The van der Waals surface area contributed by atoms with Crippen molar-refractivity contribution in [1.29, 1.82) is 0 Å². The van der Waals surface area contributed by atoms with Crippen LogP contribution in [0.1, 0.15) is 22.3 Å². The van der Waals surface area contributed by atoms with Gasteiger partial charge in [-0.3, -0.25) is 4.79 Å². The monoisotopic (exact) mass is 258 g/mol. The van der Waals surface area contributed by atoms with E-state index in [4.69, 9.17) is 0 Å². The number of aldehydes is 1. The minimum atomic E-state index is -0.236. The van der Waals surface area contributed by atoms with E-state index in [1.54, 1.807) is 6.07 Å². The van der Waals surface area contributed by atoms with E-state index in [0.717, 1.165) is 11.8 Å². The van der Waals surface area contributed by atoms with E-state index in [-0.39, 0.29) is 18.1 Å². The molecule has 0 fully saturated rings. The number of Topliss-reactive ketones (excluding diaryl/α,β-unsaturated/α-hetero) is 1. The summed E-state index contributed by atoms with van der Waals surface area (Å²) >= 11 is 1.50. The minimum Gasteiger partial charge on any atom is -0.303 e. The molecule has 3 heteroatoms. The highest BCUT2D eigenvalue weighted by molar-refractivity contribution is 7.08. The summed E-state index contributed by atoms with van der Waals surface area (Å²) in [6.45, 7) is 0. The van der Waals surface area contributed by atoms with Crippen LogP contribution in [0.4, 0.5) is 0 Å². The lowest BCUT2D eigenvalue weighted by molar-refractivity contribution is -0.111. The number of carbonyl (C=O) groups excluding carboxylic acids is 2. The quantitative estimate of drug-likeness (QED) is 0.588. The van der Waals surface area contributed by atoms with Gasteiger partial charge in [-0.1, -0.05) is 30.3 Å². The van der Waals surface area contributed by atoms with Crippen LogP contribution in [0.3, 0.4) is 0 Å². The standard InChI is InChI=1S/C15H14O2S/c16-10-13(8-12-4-2-1-3-5-12)9-15(17)14-6-7-18-11-14/h1-7,10-11,13H,8-9H2/t13-/m1/s1. The lowest BCUT2D eigenvalue weighted by atomic mass is 9.94. The van der Waals surface area contributed by atoms with Gasteiger partial charge in [-0.05, 0) is 23.4 Å². The summed E-state index contributed by atoms with van der Waals surface area (Å²) in [6.07, 6.45) is 1.80. The van der Waals surface area contributed by atoms with Crippen molar-refractivity contribution in [1.82, 2.24) is 0 Å². The fourth-order valence-corrected chi connectivity index (χ4v) is 2.52. The molecule has 0 radical (unpaired) electrons. The molecule has 0 amide bonds. The highest BCUT2D eigenvalue weighted by Gasteiger charge is 2.15. The molecule has 18 heavy (non-hydrogen) atoms. The molecule has 2 aromatic rings. The van der Waals surface area contributed by atoms with Crippen molar-refractivity contribution < 1.29 is 9.59 Å². The van der Waals surface area contributed by atoms with Gasteiger partial charge in [0, 0.05) is 23.3 Å². The molecule has 0 aliphatic carbocycles. The van der Waals surface area contributed by atoms with Crippen molar-refractivity contribution in [3.63, 3.8) is 0 Å². The van der Waals surface area contributed by atoms with Gasteiger partial charge in [0.25, 0.3) is 0 Å². The van der Waals surface area contributed by atoms with Gasteiger partial charge in [0.15, 0.2) is 5.78 Å². The predicted molar refractivity (Wildman–Crippen MR) is 73.0 cm³/mol. The molecular weight excluding hydrogens is 244 g/mol. The summed E-state index contributed by atoms with van der Waals surface area (Å²) in [7, 11) is 0. The van der Waals surface area contributed by atoms with Gasteiger partial charge in [0.2, 0.25) is 0 Å². The topological polar surface area (TPSA) is 34.1 Å². The molecule has 1 heterocycles. The second kappa shape index (κ2) is 6.26. The van der Waals surface area contributed by atoms with Gasteiger partial charge in [0.05, 0.1) is 0 Å². The first-order valence-electron chi connectivity index (χ1n) is 5.84. The number of hydrogen-bond acceptors (Lipinski definition) is 3. The Morgan fingerprint density at radius 3 is 2.61 bits per heavy atom. The zero-order valence-electron chi connectivity index (χ0n) is 9.91. The van der Waals surface area contributed by atoms with Crippen LogP contribution in [0, 0.1) is 5.92 Å². The van der Waals surface area contributed by atoms with Crippen LogP contribution < -0.4 is 0 Å². The Morgan fingerprint density at radius 1 is 1.22 bits per heavy atom. The lowest BCUT2D eigenvalue weighted by Crippen LogP contribution is -2.12. The molecule has 0 aliphatic heterocycles. The number of thiophene rings is 1. The zero-order chi connectivity index (χ0) is 12.8. The highest BCUT2D eigenvalue weighted by atomic mass is 32.1. The van der Waals surface area contributed by atoms with Gasteiger partial charge in [-0.25, -0.2) is 0 Å². The SMILES string of the molecule is O=C[C@@H](CC(=O)c1ccsc1)Cc1ccccc1. The lowest BCUT2D eigenvalue weighted by Gasteiger charge is -2.08. The molecule has 0 saturated heterocycles. The van der Waals surface area contributed by atoms with Crippen LogP contribution >= 0.6 is 11.3 Å². The van der Waals surface area contributed by atoms with Gasteiger partial charge in [0.1, 0.15) is 6.29 Å². The van der Waals surface area contributed by atoms with Crippen molar-refractivity contribution in [3.05, 3.63) is 58.3 Å². The maximum absolute atomic E-state index is 11.9. The number of benzene rings is 1. The summed E-state index contributed by atoms with van der Waals surface area (Å²) in [6, 6.07) is 11.6. The second-order valence-electron chi connectivity index (χ2n) is 4.23. The molecule has 0 aliphatic rings. The summed E-state index contributed by atoms with van der Waals surface area (Å²) in [4.78, 5) is 23.0. The largest absolute Gasteiger partial charge is 0.303 e. The first kappa shape index (κ1) is 12.7. The third-order valence-corrected chi connectivity index (χ3v) is 3.51. The van der Waals surface area contributed by atoms with Gasteiger partial charge < -0.3 is 4.79 Å². The first-order chi connectivity index (χ1) is 8.79. The summed E-state index contributed by atoms with van der Waals surface area (Å²) in [5, 5.41) is 3.70. The molecular formula is C15H14O2S. The Labute approximate surface area is 110 Å². The average Bonchev–Trinajstić information content (AvgIpc) is 2.93. The molecule has 1 atom stereocenters. The molecule has 92 valence electrons. The van der Waals surface area contributed by atoms with Crippen LogP contribution in [-0.4, -0.2) is 12.1 Å². The second-order valence-corrected chi connectivity index (χ2v) is 5.01. The molecule has 1 aromatic heterocycles. The Bertz CT molecular complexity index is 503.